The third-order valence-electron chi connectivity index (χ3n) is 3.43. The summed E-state index contributed by atoms with van der Waals surface area (Å²) in [6.07, 6.45) is 3.55. The molecule has 1 N–H and O–H groups in total. The van der Waals surface area contributed by atoms with Gasteiger partial charge in [-0.1, -0.05) is 30.3 Å². The molecule has 0 spiro atoms. The van der Waals surface area contributed by atoms with E-state index in [1.54, 1.807) is 16.7 Å². The maximum Gasteiger partial charge on any atom is 0.243 e. The average molecular weight is 292 g/mol. The van der Waals surface area contributed by atoms with E-state index < -0.39 is 0 Å². The first-order valence-corrected chi connectivity index (χ1v) is 8.22. The highest BCUT2D eigenvalue weighted by Gasteiger charge is 2.33. The molecular formula is C15H20N2O2S. The second kappa shape index (κ2) is 7.33. The predicted molar refractivity (Wildman–Crippen MR) is 81.7 cm³/mol. The molecule has 5 heteroatoms. The van der Waals surface area contributed by atoms with Crippen LogP contribution in [0.4, 0.5) is 0 Å². The fourth-order valence-corrected chi connectivity index (χ4v) is 2.82. The molecule has 1 aliphatic heterocycles. The monoisotopic (exact) mass is 292 g/mol. The molecular weight excluding hydrogens is 272 g/mol. The summed E-state index contributed by atoms with van der Waals surface area (Å²) in [6.45, 7) is 0.786. The summed E-state index contributed by atoms with van der Waals surface area (Å²) in [5.74, 6) is 0.980. The summed E-state index contributed by atoms with van der Waals surface area (Å²) in [6, 6.07) is 9.47. The number of carbonyl (C=O) groups is 2. The SMILES string of the molecule is CSCCCN1C(=O)CNC(=O)C1Cc1ccccc1. The lowest BCUT2D eigenvalue weighted by atomic mass is 10.0. The first-order chi connectivity index (χ1) is 9.72. The Morgan fingerprint density at radius 3 is 2.75 bits per heavy atom. The number of thioether (sulfide) groups is 1. The van der Waals surface area contributed by atoms with Crippen molar-refractivity contribution in [2.24, 2.45) is 0 Å². The van der Waals surface area contributed by atoms with Gasteiger partial charge in [0.2, 0.25) is 11.8 Å². The molecule has 1 aromatic carbocycles. The number of nitrogens with one attached hydrogen (secondary N) is 1. The molecule has 1 fully saturated rings. The zero-order valence-electron chi connectivity index (χ0n) is 11.7. The second-order valence-electron chi connectivity index (χ2n) is 4.86. The van der Waals surface area contributed by atoms with Gasteiger partial charge in [-0.2, -0.15) is 11.8 Å². The number of benzene rings is 1. The molecule has 2 amide bonds. The van der Waals surface area contributed by atoms with Crippen LogP contribution in [0.3, 0.4) is 0 Å². The van der Waals surface area contributed by atoms with Crippen LogP contribution in [0.15, 0.2) is 30.3 Å². The van der Waals surface area contributed by atoms with Gasteiger partial charge in [0, 0.05) is 13.0 Å². The Bertz CT molecular complexity index is 464. The minimum absolute atomic E-state index is 0.0200. The van der Waals surface area contributed by atoms with Gasteiger partial charge in [-0.05, 0) is 24.0 Å². The van der Waals surface area contributed by atoms with Gasteiger partial charge in [-0.3, -0.25) is 9.59 Å². The number of rotatable bonds is 6. The molecule has 1 atom stereocenters. The predicted octanol–water partition coefficient (Wildman–Crippen LogP) is 1.31. The standard InChI is InChI=1S/C15H20N2O2S/c1-20-9-5-8-17-13(15(19)16-11-14(17)18)10-12-6-3-2-4-7-12/h2-4,6-7,13H,5,8-11H2,1H3,(H,16,19). The third kappa shape index (κ3) is 3.76. The van der Waals surface area contributed by atoms with Crippen molar-refractivity contribution >= 4 is 23.6 Å². The van der Waals surface area contributed by atoms with Crippen molar-refractivity contribution in [1.29, 1.82) is 0 Å². The Morgan fingerprint density at radius 2 is 2.05 bits per heavy atom. The highest BCUT2D eigenvalue weighted by Crippen LogP contribution is 2.14. The van der Waals surface area contributed by atoms with Crippen LogP contribution in [0.25, 0.3) is 0 Å². The van der Waals surface area contributed by atoms with Crippen molar-refractivity contribution < 1.29 is 9.59 Å². The van der Waals surface area contributed by atoms with Crippen LogP contribution in [-0.4, -0.2) is 47.9 Å². The van der Waals surface area contributed by atoms with Crippen molar-refractivity contribution in [2.75, 3.05) is 25.1 Å². The minimum Gasteiger partial charge on any atom is -0.345 e. The molecule has 1 saturated heterocycles. The van der Waals surface area contributed by atoms with Crippen LogP contribution in [0.1, 0.15) is 12.0 Å². The number of piperazine rings is 1. The highest BCUT2D eigenvalue weighted by molar-refractivity contribution is 7.98. The van der Waals surface area contributed by atoms with Crippen molar-refractivity contribution in [3.8, 4) is 0 Å². The maximum atomic E-state index is 12.1. The number of carbonyl (C=O) groups excluding carboxylic acids is 2. The number of amides is 2. The van der Waals surface area contributed by atoms with Gasteiger partial charge < -0.3 is 10.2 Å². The molecule has 1 aliphatic rings. The molecule has 0 aromatic heterocycles. The summed E-state index contributed by atoms with van der Waals surface area (Å²) >= 11 is 1.76. The van der Waals surface area contributed by atoms with Crippen LogP contribution in [0, 0.1) is 0 Å². The van der Waals surface area contributed by atoms with Crippen molar-refractivity contribution in [3.63, 3.8) is 0 Å². The Balaban J connectivity index is 2.07. The van der Waals surface area contributed by atoms with Crippen molar-refractivity contribution in [2.45, 2.75) is 18.9 Å². The first kappa shape index (κ1) is 14.9. The Hall–Kier alpha value is -1.49. The normalized spacial score (nSPS) is 19.1. The molecule has 1 heterocycles. The molecule has 1 aromatic rings. The summed E-state index contributed by atoms with van der Waals surface area (Å²) in [5.41, 5.74) is 1.08. The molecule has 20 heavy (non-hydrogen) atoms. The van der Waals surface area contributed by atoms with Crippen molar-refractivity contribution in [3.05, 3.63) is 35.9 Å². The Labute approximate surface area is 123 Å². The number of hydrogen-bond acceptors (Lipinski definition) is 3. The smallest absolute Gasteiger partial charge is 0.243 e. The van der Waals surface area contributed by atoms with E-state index in [9.17, 15) is 9.59 Å². The first-order valence-electron chi connectivity index (χ1n) is 6.82. The second-order valence-corrected chi connectivity index (χ2v) is 5.84. The summed E-state index contributed by atoms with van der Waals surface area (Å²) in [7, 11) is 0. The van der Waals surface area contributed by atoms with Gasteiger partial charge in [-0.25, -0.2) is 0 Å². The van der Waals surface area contributed by atoms with Gasteiger partial charge in [0.15, 0.2) is 0 Å². The summed E-state index contributed by atoms with van der Waals surface area (Å²) < 4.78 is 0. The average Bonchev–Trinajstić information content (AvgIpc) is 2.47. The van der Waals surface area contributed by atoms with E-state index in [2.05, 4.69) is 5.32 Å². The lowest BCUT2D eigenvalue weighted by Gasteiger charge is -2.35. The lowest BCUT2D eigenvalue weighted by molar-refractivity contribution is -0.145. The van der Waals surface area contributed by atoms with E-state index in [1.165, 1.54) is 0 Å². The highest BCUT2D eigenvalue weighted by atomic mass is 32.2. The molecule has 0 radical (unpaired) electrons. The minimum atomic E-state index is -0.375. The van der Waals surface area contributed by atoms with Crippen LogP contribution in [0.5, 0.6) is 0 Å². The van der Waals surface area contributed by atoms with E-state index in [0.29, 0.717) is 13.0 Å². The topological polar surface area (TPSA) is 49.4 Å². The van der Waals surface area contributed by atoms with Crippen LogP contribution in [-0.2, 0) is 16.0 Å². The number of nitrogens with zero attached hydrogens (tertiary/aromatic N) is 1. The molecule has 2 rings (SSSR count). The Kier molecular flexibility index (Phi) is 5.47. The molecule has 1 unspecified atom stereocenters. The Morgan fingerprint density at radius 1 is 1.30 bits per heavy atom. The third-order valence-corrected chi connectivity index (χ3v) is 4.13. The van der Waals surface area contributed by atoms with Crippen LogP contribution >= 0.6 is 11.8 Å². The van der Waals surface area contributed by atoms with Gasteiger partial charge in [-0.15, -0.1) is 0 Å². The van der Waals surface area contributed by atoms with E-state index in [0.717, 1.165) is 17.7 Å². The zero-order valence-corrected chi connectivity index (χ0v) is 12.5. The van der Waals surface area contributed by atoms with E-state index in [-0.39, 0.29) is 24.4 Å². The molecule has 0 aliphatic carbocycles. The summed E-state index contributed by atoms with van der Waals surface area (Å²) in [4.78, 5) is 25.9. The van der Waals surface area contributed by atoms with Gasteiger partial charge in [0.1, 0.15) is 6.04 Å². The molecule has 0 saturated carbocycles. The van der Waals surface area contributed by atoms with Gasteiger partial charge in [0.25, 0.3) is 0 Å². The van der Waals surface area contributed by atoms with Crippen LogP contribution < -0.4 is 5.32 Å². The van der Waals surface area contributed by atoms with Gasteiger partial charge >= 0.3 is 0 Å². The maximum absolute atomic E-state index is 12.1. The fraction of sp³-hybridized carbons (Fsp3) is 0.467. The molecule has 4 nitrogen and oxygen atoms in total. The van der Waals surface area contributed by atoms with Crippen LogP contribution in [0.2, 0.25) is 0 Å². The zero-order chi connectivity index (χ0) is 14.4. The van der Waals surface area contributed by atoms with E-state index >= 15 is 0 Å². The molecule has 108 valence electrons. The largest absolute Gasteiger partial charge is 0.345 e. The molecule has 0 bridgehead atoms. The summed E-state index contributed by atoms with van der Waals surface area (Å²) in [5, 5.41) is 2.69. The quantitative estimate of drug-likeness (QED) is 0.804. The van der Waals surface area contributed by atoms with Gasteiger partial charge in [0.05, 0.1) is 6.54 Å². The van der Waals surface area contributed by atoms with E-state index in [1.807, 2.05) is 36.6 Å². The fourth-order valence-electron chi connectivity index (χ4n) is 2.40. The lowest BCUT2D eigenvalue weighted by Crippen LogP contribution is -2.59. The van der Waals surface area contributed by atoms with E-state index in [4.69, 9.17) is 0 Å². The number of hydrogen-bond donors (Lipinski definition) is 1. The van der Waals surface area contributed by atoms with Crippen molar-refractivity contribution in [1.82, 2.24) is 10.2 Å².